The quantitative estimate of drug-likeness (QED) is 0.763. The van der Waals surface area contributed by atoms with Crippen molar-refractivity contribution >= 4 is 5.91 Å². The molecule has 3 heteroatoms. The first-order valence-corrected chi connectivity index (χ1v) is 5.64. The second kappa shape index (κ2) is 4.56. The van der Waals surface area contributed by atoms with E-state index in [2.05, 4.69) is 6.92 Å². The number of hydrogen-bond donors (Lipinski definition) is 0. The predicted octanol–water partition coefficient (Wildman–Crippen LogP) is 2.18. The average molecular weight is 219 g/mol. The number of para-hydroxylation sites is 1. The number of amides is 1. The maximum absolute atomic E-state index is 12.2. The van der Waals surface area contributed by atoms with Crippen molar-refractivity contribution in [2.75, 3.05) is 20.2 Å². The van der Waals surface area contributed by atoms with E-state index in [-0.39, 0.29) is 5.91 Å². The van der Waals surface area contributed by atoms with Gasteiger partial charge in [-0.05, 0) is 24.5 Å². The molecule has 16 heavy (non-hydrogen) atoms. The summed E-state index contributed by atoms with van der Waals surface area (Å²) in [6.45, 7) is 3.89. The third kappa shape index (κ3) is 2.03. The molecule has 1 aromatic rings. The second-order valence-electron chi connectivity index (χ2n) is 4.35. The van der Waals surface area contributed by atoms with Crippen LogP contribution in [0.15, 0.2) is 24.3 Å². The van der Waals surface area contributed by atoms with E-state index in [0.717, 1.165) is 19.5 Å². The minimum atomic E-state index is 0.0850. The third-order valence-electron chi connectivity index (χ3n) is 3.05. The minimum absolute atomic E-state index is 0.0850. The molecule has 0 bridgehead atoms. The molecule has 0 N–H and O–H groups in total. The summed E-state index contributed by atoms with van der Waals surface area (Å²) in [6.07, 6.45) is 1.10. The van der Waals surface area contributed by atoms with Crippen molar-refractivity contribution in [3.05, 3.63) is 29.8 Å². The molecule has 3 nitrogen and oxygen atoms in total. The molecule has 86 valence electrons. The second-order valence-corrected chi connectivity index (χ2v) is 4.35. The number of likely N-dealkylation sites (tertiary alicyclic amines) is 1. The van der Waals surface area contributed by atoms with Gasteiger partial charge in [0.1, 0.15) is 5.75 Å². The van der Waals surface area contributed by atoms with Crippen LogP contribution in [0.1, 0.15) is 23.7 Å². The molecule has 1 aromatic carbocycles. The van der Waals surface area contributed by atoms with Crippen molar-refractivity contribution in [3.8, 4) is 5.75 Å². The fourth-order valence-corrected chi connectivity index (χ4v) is 2.11. The van der Waals surface area contributed by atoms with Gasteiger partial charge in [-0.3, -0.25) is 4.79 Å². The molecule has 0 aromatic heterocycles. The van der Waals surface area contributed by atoms with Crippen molar-refractivity contribution in [3.63, 3.8) is 0 Å². The topological polar surface area (TPSA) is 29.5 Å². The van der Waals surface area contributed by atoms with Gasteiger partial charge in [0.15, 0.2) is 0 Å². The number of carbonyl (C=O) groups excluding carboxylic acids is 1. The van der Waals surface area contributed by atoms with Gasteiger partial charge in [0.05, 0.1) is 12.7 Å². The average Bonchev–Trinajstić information content (AvgIpc) is 2.75. The molecule has 1 aliphatic heterocycles. The molecule has 1 aliphatic rings. The van der Waals surface area contributed by atoms with Gasteiger partial charge in [-0.25, -0.2) is 0 Å². The van der Waals surface area contributed by atoms with Crippen LogP contribution < -0.4 is 4.74 Å². The van der Waals surface area contributed by atoms with Crippen LogP contribution in [-0.2, 0) is 0 Å². The molecule has 1 fully saturated rings. The Hall–Kier alpha value is -1.51. The van der Waals surface area contributed by atoms with Crippen molar-refractivity contribution in [2.24, 2.45) is 5.92 Å². The Kier molecular flexibility index (Phi) is 3.13. The highest BCUT2D eigenvalue weighted by molar-refractivity contribution is 5.97. The Morgan fingerprint density at radius 1 is 1.44 bits per heavy atom. The van der Waals surface area contributed by atoms with Gasteiger partial charge in [-0.1, -0.05) is 19.1 Å². The largest absolute Gasteiger partial charge is 0.496 e. The first-order chi connectivity index (χ1) is 7.72. The van der Waals surface area contributed by atoms with Crippen LogP contribution >= 0.6 is 0 Å². The highest BCUT2D eigenvalue weighted by Gasteiger charge is 2.25. The number of carbonyl (C=O) groups is 1. The molecule has 0 aliphatic carbocycles. The fourth-order valence-electron chi connectivity index (χ4n) is 2.11. The van der Waals surface area contributed by atoms with Crippen molar-refractivity contribution < 1.29 is 9.53 Å². The van der Waals surface area contributed by atoms with Crippen LogP contribution in [0, 0.1) is 5.92 Å². The lowest BCUT2D eigenvalue weighted by atomic mass is 10.1. The summed E-state index contributed by atoms with van der Waals surface area (Å²) in [5, 5.41) is 0. The predicted molar refractivity (Wildman–Crippen MR) is 62.7 cm³/mol. The number of benzene rings is 1. The Labute approximate surface area is 96.0 Å². The van der Waals surface area contributed by atoms with Gasteiger partial charge in [0.25, 0.3) is 5.91 Å². The highest BCUT2D eigenvalue weighted by atomic mass is 16.5. The number of methoxy groups -OCH3 is 1. The number of hydrogen-bond acceptors (Lipinski definition) is 2. The Morgan fingerprint density at radius 2 is 2.19 bits per heavy atom. The summed E-state index contributed by atoms with van der Waals surface area (Å²) in [4.78, 5) is 14.1. The monoisotopic (exact) mass is 219 g/mol. The van der Waals surface area contributed by atoms with Gasteiger partial charge in [-0.15, -0.1) is 0 Å². The van der Waals surface area contributed by atoms with E-state index in [1.54, 1.807) is 7.11 Å². The molecule has 1 unspecified atom stereocenters. The van der Waals surface area contributed by atoms with Crippen molar-refractivity contribution in [1.29, 1.82) is 0 Å². The summed E-state index contributed by atoms with van der Waals surface area (Å²) < 4.78 is 5.21. The molecule has 1 saturated heterocycles. The Balaban J connectivity index is 2.20. The smallest absolute Gasteiger partial charge is 0.257 e. The van der Waals surface area contributed by atoms with E-state index in [9.17, 15) is 4.79 Å². The van der Waals surface area contributed by atoms with Crippen molar-refractivity contribution in [1.82, 2.24) is 4.90 Å². The van der Waals surface area contributed by atoms with Crippen LogP contribution in [0.4, 0.5) is 0 Å². The summed E-state index contributed by atoms with van der Waals surface area (Å²) >= 11 is 0. The standard InChI is InChI=1S/C13H17NO2/c1-10-7-8-14(9-10)13(15)11-5-3-4-6-12(11)16-2/h3-6,10H,7-9H2,1-2H3. The first kappa shape index (κ1) is 11.0. The molecular formula is C13H17NO2. The van der Waals surface area contributed by atoms with Gasteiger partial charge in [0.2, 0.25) is 0 Å². The van der Waals surface area contributed by atoms with E-state index in [0.29, 0.717) is 17.2 Å². The fraction of sp³-hybridized carbons (Fsp3) is 0.462. The third-order valence-corrected chi connectivity index (χ3v) is 3.05. The maximum Gasteiger partial charge on any atom is 0.257 e. The lowest BCUT2D eigenvalue weighted by Gasteiger charge is -2.17. The van der Waals surface area contributed by atoms with E-state index in [1.165, 1.54) is 0 Å². The van der Waals surface area contributed by atoms with E-state index < -0.39 is 0 Å². The molecule has 1 amide bonds. The lowest BCUT2D eigenvalue weighted by molar-refractivity contribution is 0.0784. The van der Waals surface area contributed by atoms with E-state index in [4.69, 9.17) is 4.74 Å². The number of nitrogens with zero attached hydrogens (tertiary/aromatic N) is 1. The zero-order valence-electron chi connectivity index (χ0n) is 9.77. The van der Waals surface area contributed by atoms with Crippen LogP contribution in [-0.4, -0.2) is 31.0 Å². The summed E-state index contributed by atoms with van der Waals surface area (Å²) in [5.41, 5.74) is 0.666. The SMILES string of the molecule is COc1ccccc1C(=O)N1CCC(C)C1. The van der Waals surface area contributed by atoms with Crippen LogP contribution in [0.5, 0.6) is 5.75 Å². The maximum atomic E-state index is 12.2. The molecule has 1 atom stereocenters. The molecule has 0 spiro atoms. The normalized spacial score (nSPS) is 19.9. The van der Waals surface area contributed by atoms with Gasteiger partial charge >= 0.3 is 0 Å². The van der Waals surface area contributed by atoms with Gasteiger partial charge in [0, 0.05) is 13.1 Å². The zero-order chi connectivity index (χ0) is 11.5. The van der Waals surface area contributed by atoms with Gasteiger partial charge < -0.3 is 9.64 Å². The minimum Gasteiger partial charge on any atom is -0.496 e. The molecular weight excluding hydrogens is 202 g/mol. The summed E-state index contributed by atoms with van der Waals surface area (Å²) in [6, 6.07) is 7.40. The van der Waals surface area contributed by atoms with E-state index in [1.807, 2.05) is 29.2 Å². The molecule has 1 heterocycles. The Bertz CT molecular complexity index is 389. The first-order valence-electron chi connectivity index (χ1n) is 5.64. The van der Waals surface area contributed by atoms with Gasteiger partial charge in [-0.2, -0.15) is 0 Å². The number of ether oxygens (including phenoxy) is 1. The van der Waals surface area contributed by atoms with Crippen LogP contribution in [0.2, 0.25) is 0 Å². The molecule has 0 saturated carbocycles. The molecule has 0 radical (unpaired) electrons. The van der Waals surface area contributed by atoms with Crippen LogP contribution in [0.3, 0.4) is 0 Å². The highest BCUT2D eigenvalue weighted by Crippen LogP contribution is 2.23. The summed E-state index contributed by atoms with van der Waals surface area (Å²) in [5.74, 6) is 1.35. The van der Waals surface area contributed by atoms with E-state index >= 15 is 0 Å². The molecule has 2 rings (SSSR count). The number of rotatable bonds is 2. The summed E-state index contributed by atoms with van der Waals surface area (Å²) in [7, 11) is 1.60. The zero-order valence-corrected chi connectivity index (χ0v) is 9.77. The van der Waals surface area contributed by atoms with Crippen LogP contribution in [0.25, 0.3) is 0 Å². The Morgan fingerprint density at radius 3 is 2.81 bits per heavy atom. The van der Waals surface area contributed by atoms with Crippen molar-refractivity contribution in [2.45, 2.75) is 13.3 Å². The lowest BCUT2D eigenvalue weighted by Crippen LogP contribution is -2.28.